The van der Waals surface area contributed by atoms with Crippen molar-refractivity contribution in [2.75, 3.05) is 12.8 Å². The summed E-state index contributed by atoms with van der Waals surface area (Å²) in [5.74, 6) is 0.748. The SMILES string of the molecule is CCCCCN(Cc1nnnn1-c1ccc(S(C)(=O)=O)cc1)C(C)C. The molecule has 0 aliphatic rings. The molecular formula is C17H27N5O2S. The number of hydrogen-bond acceptors (Lipinski definition) is 6. The fourth-order valence-electron chi connectivity index (χ4n) is 2.61. The second kappa shape index (κ2) is 8.53. The van der Waals surface area contributed by atoms with E-state index in [0.29, 0.717) is 12.6 Å². The van der Waals surface area contributed by atoms with Gasteiger partial charge in [-0.05, 0) is 61.5 Å². The number of rotatable bonds is 9. The molecule has 0 N–H and O–H groups in total. The predicted octanol–water partition coefficient (Wildman–Crippen LogP) is 2.47. The monoisotopic (exact) mass is 365 g/mol. The van der Waals surface area contributed by atoms with Gasteiger partial charge in [-0.3, -0.25) is 4.90 Å². The lowest BCUT2D eigenvalue weighted by atomic mass is 10.2. The van der Waals surface area contributed by atoms with Crippen molar-refractivity contribution in [3.63, 3.8) is 0 Å². The van der Waals surface area contributed by atoms with E-state index < -0.39 is 9.84 Å². The van der Waals surface area contributed by atoms with Crippen LogP contribution >= 0.6 is 0 Å². The number of nitrogens with zero attached hydrogens (tertiary/aromatic N) is 5. The topological polar surface area (TPSA) is 81.0 Å². The van der Waals surface area contributed by atoms with Gasteiger partial charge in [-0.25, -0.2) is 8.42 Å². The van der Waals surface area contributed by atoms with Gasteiger partial charge in [0.25, 0.3) is 0 Å². The third-order valence-corrected chi connectivity index (χ3v) is 5.30. The first-order valence-electron chi connectivity index (χ1n) is 8.64. The molecule has 8 heteroatoms. The maximum Gasteiger partial charge on any atom is 0.175 e. The Morgan fingerprint density at radius 2 is 1.84 bits per heavy atom. The number of unbranched alkanes of at least 4 members (excludes halogenated alkanes) is 2. The van der Waals surface area contributed by atoms with Crippen molar-refractivity contribution in [3.8, 4) is 5.69 Å². The van der Waals surface area contributed by atoms with Crippen molar-refractivity contribution in [1.29, 1.82) is 0 Å². The summed E-state index contributed by atoms with van der Waals surface area (Å²) in [6.45, 7) is 8.19. The zero-order chi connectivity index (χ0) is 18.4. The maximum atomic E-state index is 11.6. The van der Waals surface area contributed by atoms with Crippen LogP contribution in [-0.2, 0) is 16.4 Å². The van der Waals surface area contributed by atoms with Crippen molar-refractivity contribution < 1.29 is 8.42 Å². The third-order valence-electron chi connectivity index (χ3n) is 4.17. The van der Waals surface area contributed by atoms with Crippen LogP contribution in [0, 0.1) is 0 Å². The van der Waals surface area contributed by atoms with Gasteiger partial charge in [-0.1, -0.05) is 19.8 Å². The van der Waals surface area contributed by atoms with Crippen LogP contribution in [0.1, 0.15) is 45.9 Å². The van der Waals surface area contributed by atoms with E-state index >= 15 is 0 Å². The smallest absolute Gasteiger partial charge is 0.175 e. The number of aromatic nitrogens is 4. The molecule has 1 heterocycles. The number of hydrogen-bond donors (Lipinski definition) is 0. The largest absolute Gasteiger partial charge is 0.293 e. The lowest BCUT2D eigenvalue weighted by Gasteiger charge is -2.25. The van der Waals surface area contributed by atoms with Crippen molar-refractivity contribution in [3.05, 3.63) is 30.1 Å². The Kier molecular flexibility index (Phi) is 6.66. The number of benzene rings is 1. The molecule has 1 aromatic carbocycles. The molecule has 138 valence electrons. The fourth-order valence-corrected chi connectivity index (χ4v) is 3.24. The Morgan fingerprint density at radius 3 is 2.40 bits per heavy atom. The molecule has 0 radical (unpaired) electrons. The van der Waals surface area contributed by atoms with E-state index in [2.05, 4.69) is 41.2 Å². The van der Waals surface area contributed by atoms with Gasteiger partial charge in [-0.2, -0.15) is 4.68 Å². The van der Waals surface area contributed by atoms with Gasteiger partial charge in [-0.15, -0.1) is 5.10 Å². The Morgan fingerprint density at radius 1 is 1.16 bits per heavy atom. The highest BCUT2D eigenvalue weighted by Gasteiger charge is 2.16. The van der Waals surface area contributed by atoms with Crippen LogP contribution in [0.4, 0.5) is 0 Å². The van der Waals surface area contributed by atoms with Gasteiger partial charge in [0.1, 0.15) is 0 Å². The Bertz CT molecular complexity index is 769. The van der Waals surface area contributed by atoms with E-state index in [1.807, 2.05) is 0 Å². The standard InChI is InChI=1S/C17H27N5O2S/c1-5-6-7-12-21(14(2)3)13-17-18-19-20-22(17)15-8-10-16(11-9-15)25(4,23)24/h8-11,14H,5-7,12-13H2,1-4H3. The second-order valence-corrected chi connectivity index (χ2v) is 8.56. The van der Waals surface area contributed by atoms with Crippen LogP contribution in [0.2, 0.25) is 0 Å². The first kappa shape index (κ1) is 19.5. The summed E-state index contributed by atoms with van der Waals surface area (Å²) >= 11 is 0. The molecule has 0 atom stereocenters. The molecule has 0 fully saturated rings. The summed E-state index contributed by atoms with van der Waals surface area (Å²) in [7, 11) is -3.21. The summed E-state index contributed by atoms with van der Waals surface area (Å²) in [5, 5.41) is 12.0. The molecule has 2 aromatic rings. The van der Waals surface area contributed by atoms with Crippen LogP contribution in [0.3, 0.4) is 0 Å². The Hall–Kier alpha value is -1.80. The van der Waals surface area contributed by atoms with E-state index in [1.165, 1.54) is 19.1 Å². The van der Waals surface area contributed by atoms with Gasteiger partial charge >= 0.3 is 0 Å². The van der Waals surface area contributed by atoms with E-state index in [-0.39, 0.29) is 4.90 Å². The van der Waals surface area contributed by atoms with Gasteiger partial charge in [0.2, 0.25) is 0 Å². The zero-order valence-electron chi connectivity index (χ0n) is 15.4. The minimum atomic E-state index is -3.21. The van der Waals surface area contributed by atoms with E-state index in [1.54, 1.807) is 28.9 Å². The highest BCUT2D eigenvalue weighted by molar-refractivity contribution is 7.90. The van der Waals surface area contributed by atoms with Crippen LogP contribution in [0.15, 0.2) is 29.2 Å². The third kappa shape index (κ3) is 5.34. The molecule has 2 rings (SSSR count). The van der Waals surface area contributed by atoms with Crippen molar-refractivity contribution >= 4 is 9.84 Å². The summed E-state index contributed by atoms with van der Waals surface area (Å²) in [6, 6.07) is 7.02. The molecule has 0 aliphatic heterocycles. The maximum absolute atomic E-state index is 11.6. The van der Waals surface area contributed by atoms with Gasteiger partial charge in [0, 0.05) is 12.3 Å². The summed E-state index contributed by atoms with van der Waals surface area (Å²) in [4.78, 5) is 2.64. The van der Waals surface area contributed by atoms with Crippen LogP contribution < -0.4 is 0 Å². The minimum absolute atomic E-state index is 0.286. The molecule has 0 saturated carbocycles. The van der Waals surface area contributed by atoms with Crippen molar-refractivity contribution in [2.24, 2.45) is 0 Å². The van der Waals surface area contributed by atoms with Crippen LogP contribution in [0.25, 0.3) is 5.69 Å². The van der Waals surface area contributed by atoms with Crippen molar-refractivity contribution in [1.82, 2.24) is 25.1 Å². The first-order chi connectivity index (χ1) is 11.8. The van der Waals surface area contributed by atoms with Gasteiger partial charge in [0.15, 0.2) is 15.7 Å². The number of tetrazole rings is 1. The molecule has 25 heavy (non-hydrogen) atoms. The van der Waals surface area contributed by atoms with Crippen molar-refractivity contribution in [2.45, 2.75) is 57.5 Å². The number of sulfone groups is 1. The zero-order valence-corrected chi connectivity index (χ0v) is 16.2. The average Bonchev–Trinajstić information content (AvgIpc) is 3.01. The molecule has 0 amide bonds. The average molecular weight is 366 g/mol. The minimum Gasteiger partial charge on any atom is -0.293 e. The molecule has 0 saturated heterocycles. The molecule has 7 nitrogen and oxygen atoms in total. The molecule has 1 aromatic heterocycles. The van der Waals surface area contributed by atoms with Gasteiger partial charge < -0.3 is 0 Å². The molecule has 0 unspecified atom stereocenters. The summed E-state index contributed by atoms with van der Waals surface area (Å²) in [6.07, 6.45) is 4.75. The predicted molar refractivity (Wildman–Crippen MR) is 97.3 cm³/mol. The Labute approximate surface area is 150 Å². The lowest BCUT2D eigenvalue weighted by Crippen LogP contribution is -2.32. The molecular weight excluding hydrogens is 338 g/mol. The summed E-state index contributed by atoms with van der Waals surface area (Å²) in [5.41, 5.74) is 0.754. The highest BCUT2D eigenvalue weighted by atomic mass is 32.2. The van der Waals surface area contributed by atoms with Crippen LogP contribution in [-0.4, -0.2) is 52.4 Å². The first-order valence-corrected chi connectivity index (χ1v) is 10.5. The Balaban J connectivity index is 2.18. The molecule has 0 spiro atoms. The van der Waals surface area contributed by atoms with Crippen LogP contribution in [0.5, 0.6) is 0 Å². The normalized spacial score (nSPS) is 12.2. The van der Waals surface area contributed by atoms with E-state index in [9.17, 15) is 8.42 Å². The summed E-state index contributed by atoms with van der Waals surface area (Å²) < 4.78 is 24.8. The second-order valence-electron chi connectivity index (χ2n) is 6.54. The quantitative estimate of drug-likeness (QED) is 0.635. The van der Waals surface area contributed by atoms with E-state index in [0.717, 1.165) is 24.5 Å². The molecule has 0 bridgehead atoms. The highest BCUT2D eigenvalue weighted by Crippen LogP contribution is 2.15. The lowest BCUT2D eigenvalue weighted by molar-refractivity contribution is 0.201. The van der Waals surface area contributed by atoms with Gasteiger partial charge in [0.05, 0.1) is 17.1 Å². The van der Waals surface area contributed by atoms with E-state index in [4.69, 9.17) is 0 Å². The fraction of sp³-hybridized carbons (Fsp3) is 0.588. The molecule has 0 aliphatic carbocycles.